The number of fused-ring (bicyclic) bond motifs is 2. The molecule has 0 spiro atoms. The number of imide groups is 1. The molecule has 0 saturated heterocycles. The summed E-state index contributed by atoms with van der Waals surface area (Å²) in [6.45, 7) is 0.123. The average molecular weight is 520 g/mol. The van der Waals surface area contributed by atoms with Crippen LogP contribution in [0.3, 0.4) is 0 Å². The number of nitrogens with zero attached hydrogens (tertiary/aromatic N) is 3. The Hall–Kier alpha value is -4.60. The Morgan fingerprint density at radius 1 is 0.789 bits per heavy atom. The van der Waals surface area contributed by atoms with Crippen molar-refractivity contribution in [2.75, 3.05) is 20.8 Å². The monoisotopic (exact) mass is 519 g/mol. The molecule has 0 atom stereocenters. The van der Waals surface area contributed by atoms with Crippen LogP contribution in [0, 0.1) is 11.6 Å². The van der Waals surface area contributed by atoms with Gasteiger partial charge in [-0.2, -0.15) is 0 Å². The lowest BCUT2D eigenvalue weighted by molar-refractivity contribution is 0.0655. The molecule has 38 heavy (non-hydrogen) atoms. The predicted octanol–water partition coefficient (Wildman–Crippen LogP) is 3.77. The van der Waals surface area contributed by atoms with Crippen LogP contribution in [0.15, 0.2) is 59.4 Å². The molecule has 0 fully saturated rings. The minimum atomic E-state index is -1.15. The first-order valence-electron chi connectivity index (χ1n) is 11.9. The molecule has 2 heterocycles. The first-order chi connectivity index (χ1) is 18.3. The van der Waals surface area contributed by atoms with Crippen molar-refractivity contribution in [1.82, 2.24) is 14.5 Å². The molecule has 10 heteroatoms. The molecule has 0 bridgehead atoms. The van der Waals surface area contributed by atoms with Crippen LogP contribution in [0.2, 0.25) is 0 Å². The van der Waals surface area contributed by atoms with Crippen molar-refractivity contribution in [2.45, 2.75) is 19.4 Å². The molecular weight excluding hydrogens is 496 g/mol. The fraction of sp³-hybridized carbons (Fsp3) is 0.214. The fourth-order valence-electron chi connectivity index (χ4n) is 4.61. The van der Waals surface area contributed by atoms with Gasteiger partial charge in [0.25, 0.3) is 17.4 Å². The number of aromatic nitrogens is 2. The summed E-state index contributed by atoms with van der Waals surface area (Å²) in [5.41, 5.74) is 0.909. The van der Waals surface area contributed by atoms with Gasteiger partial charge in [0.15, 0.2) is 23.1 Å². The van der Waals surface area contributed by atoms with Crippen LogP contribution in [0.4, 0.5) is 8.78 Å². The number of ether oxygens (including phenoxy) is 2. The molecule has 0 radical (unpaired) electrons. The highest BCUT2D eigenvalue weighted by atomic mass is 19.2. The number of carbonyl (C=O) groups is 2. The average Bonchev–Trinajstić information content (AvgIpc) is 3.17. The number of rotatable bonds is 8. The van der Waals surface area contributed by atoms with Crippen LogP contribution < -0.4 is 15.0 Å². The van der Waals surface area contributed by atoms with Gasteiger partial charge in [0.05, 0.1) is 36.2 Å². The van der Waals surface area contributed by atoms with Crippen molar-refractivity contribution in [3.63, 3.8) is 0 Å². The van der Waals surface area contributed by atoms with Crippen molar-refractivity contribution in [2.24, 2.45) is 0 Å². The molecule has 194 valence electrons. The third-order valence-electron chi connectivity index (χ3n) is 6.58. The molecule has 2 amide bonds. The second kappa shape index (κ2) is 10.0. The van der Waals surface area contributed by atoms with Crippen LogP contribution >= 0.6 is 0 Å². The summed E-state index contributed by atoms with van der Waals surface area (Å²) >= 11 is 0. The highest BCUT2D eigenvalue weighted by Crippen LogP contribution is 2.28. The van der Waals surface area contributed by atoms with Crippen molar-refractivity contribution in [3.8, 4) is 11.5 Å². The molecule has 0 unspecified atom stereocenters. The van der Waals surface area contributed by atoms with Crippen LogP contribution in [-0.2, 0) is 19.4 Å². The van der Waals surface area contributed by atoms with E-state index in [-0.39, 0.29) is 36.2 Å². The second-order valence-electron chi connectivity index (χ2n) is 8.77. The molecule has 5 rings (SSSR count). The van der Waals surface area contributed by atoms with Crippen LogP contribution in [0.25, 0.3) is 10.9 Å². The van der Waals surface area contributed by atoms with Gasteiger partial charge in [-0.3, -0.25) is 23.9 Å². The predicted molar refractivity (Wildman–Crippen MR) is 135 cm³/mol. The van der Waals surface area contributed by atoms with Gasteiger partial charge in [-0.15, -0.1) is 0 Å². The Bertz CT molecular complexity index is 1620. The van der Waals surface area contributed by atoms with E-state index >= 15 is 0 Å². The standard InChI is InChI=1S/C28H23F2N3O5/c1-37-23-8-7-16(13-24(23)38-2)9-11-32-25(31-22-15-21(30)20(29)14-19(22)28(32)36)10-12-33-26(34)17-5-3-4-6-18(17)27(33)35/h3-8,13-15H,9-12H2,1-2H3. The zero-order valence-corrected chi connectivity index (χ0v) is 20.7. The third kappa shape index (κ3) is 4.38. The van der Waals surface area contributed by atoms with Crippen molar-refractivity contribution >= 4 is 22.7 Å². The molecule has 8 nitrogen and oxygen atoms in total. The van der Waals surface area contributed by atoms with Gasteiger partial charge in [0, 0.05) is 25.6 Å². The molecule has 0 N–H and O–H groups in total. The van der Waals surface area contributed by atoms with E-state index in [1.54, 1.807) is 36.4 Å². The van der Waals surface area contributed by atoms with Gasteiger partial charge in [-0.05, 0) is 42.3 Å². The quantitative estimate of drug-likeness (QED) is 0.329. The van der Waals surface area contributed by atoms with E-state index in [1.165, 1.54) is 18.8 Å². The normalized spacial score (nSPS) is 12.8. The van der Waals surface area contributed by atoms with Gasteiger partial charge < -0.3 is 9.47 Å². The number of hydrogen-bond acceptors (Lipinski definition) is 6. The largest absolute Gasteiger partial charge is 0.493 e. The summed E-state index contributed by atoms with van der Waals surface area (Å²) in [6, 6.07) is 13.6. The number of hydrogen-bond donors (Lipinski definition) is 0. The van der Waals surface area contributed by atoms with E-state index in [9.17, 15) is 23.2 Å². The molecule has 1 aliphatic heterocycles. The Labute approximate surface area is 216 Å². The lowest BCUT2D eigenvalue weighted by Gasteiger charge is -2.17. The SMILES string of the molecule is COc1ccc(CCn2c(CCN3C(=O)c4ccccc4C3=O)nc3cc(F)c(F)cc3c2=O)cc1OC. The van der Waals surface area contributed by atoms with E-state index in [1.807, 2.05) is 6.07 Å². The number of benzene rings is 3. The first-order valence-corrected chi connectivity index (χ1v) is 11.9. The van der Waals surface area contributed by atoms with Crippen molar-refractivity contribution in [1.29, 1.82) is 0 Å². The first kappa shape index (κ1) is 25.1. The van der Waals surface area contributed by atoms with Crippen LogP contribution in [0.5, 0.6) is 11.5 Å². The Kier molecular flexibility index (Phi) is 6.62. The minimum Gasteiger partial charge on any atom is -0.493 e. The Balaban J connectivity index is 1.48. The smallest absolute Gasteiger partial charge is 0.261 e. The second-order valence-corrected chi connectivity index (χ2v) is 8.77. The number of halogens is 2. The number of amides is 2. The summed E-state index contributed by atoms with van der Waals surface area (Å²) in [5.74, 6) is -1.82. The Morgan fingerprint density at radius 2 is 1.45 bits per heavy atom. The molecule has 1 aliphatic rings. The van der Waals surface area contributed by atoms with Gasteiger partial charge in [-0.1, -0.05) is 18.2 Å². The highest BCUT2D eigenvalue weighted by molar-refractivity contribution is 6.21. The minimum absolute atomic E-state index is 0.00590. The molecule has 3 aromatic carbocycles. The van der Waals surface area contributed by atoms with Crippen molar-refractivity contribution < 1.29 is 27.8 Å². The van der Waals surface area contributed by atoms with Gasteiger partial charge in [-0.25, -0.2) is 13.8 Å². The summed E-state index contributed by atoms with van der Waals surface area (Å²) < 4.78 is 39.9. The van der Waals surface area contributed by atoms with E-state index in [4.69, 9.17) is 9.47 Å². The van der Waals surface area contributed by atoms with Crippen LogP contribution in [0.1, 0.15) is 32.1 Å². The summed E-state index contributed by atoms with van der Waals surface area (Å²) in [4.78, 5) is 44.5. The van der Waals surface area contributed by atoms with Gasteiger partial charge >= 0.3 is 0 Å². The van der Waals surface area contributed by atoms with E-state index in [0.717, 1.165) is 22.6 Å². The van der Waals surface area contributed by atoms with Crippen LogP contribution in [-0.4, -0.2) is 47.0 Å². The molecule has 4 aromatic rings. The fourth-order valence-corrected chi connectivity index (χ4v) is 4.61. The van der Waals surface area contributed by atoms with Crippen molar-refractivity contribution in [3.05, 3.63) is 99.1 Å². The third-order valence-corrected chi connectivity index (χ3v) is 6.58. The van der Waals surface area contributed by atoms with E-state index in [2.05, 4.69) is 4.98 Å². The highest BCUT2D eigenvalue weighted by Gasteiger charge is 2.35. The number of carbonyl (C=O) groups excluding carboxylic acids is 2. The Morgan fingerprint density at radius 3 is 2.11 bits per heavy atom. The summed E-state index contributed by atoms with van der Waals surface area (Å²) in [7, 11) is 3.05. The molecule has 1 aromatic heterocycles. The van der Waals surface area contributed by atoms with E-state index in [0.29, 0.717) is 29.0 Å². The lowest BCUT2D eigenvalue weighted by atomic mass is 10.1. The number of aryl methyl sites for hydroxylation is 1. The maximum absolute atomic E-state index is 14.0. The maximum Gasteiger partial charge on any atom is 0.261 e. The topological polar surface area (TPSA) is 90.7 Å². The summed E-state index contributed by atoms with van der Waals surface area (Å²) in [6.07, 6.45) is 0.429. The molecule has 0 saturated carbocycles. The van der Waals surface area contributed by atoms with Gasteiger partial charge in [0.2, 0.25) is 0 Å². The zero-order valence-electron chi connectivity index (χ0n) is 20.7. The summed E-state index contributed by atoms with van der Waals surface area (Å²) in [5, 5.41) is -0.0688. The number of methoxy groups -OCH3 is 2. The molecular formula is C28H23F2N3O5. The lowest BCUT2D eigenvalue weighted by Crippen LogP contribution is -2.34. The maximum atomic E-state index is 14.0. The van der Waals surface area contributed by atoms with E-state index < -0.39 is 29.0 Å². The zero-order chi connectivity index (χ0) is 27.0. The van der Waals surface area contributed by atoms with Gasteiger partial charge in [0.1, 0.15) is 5.82 Å². The molecule has 0 aliphatic carbocycles.